The summed E-state index contributed by atoms with van der Waals surface area (Å²) in [6, 6.07) is 13.2. The molecule has 1 aliphatic heterocycles. The molecule has 0 fully saturated rings. The van der Waals surface area contributed by atoms with E-state index in [1.54, 1.807) is 0 Å². The van der Waals surface area contributed by atoms with E-state index in [4.69, 9.17) is 34.3 Å². The first-order valence-electron chi connectivity index (χ1n) is 7.74. The van der Waals surface area contributed by atoms with Crippen LogP contribution in [0.15, 0.2) is 42.5 Å². The van der Waals surface area contributed by atoms with E-state index < -0.39 is 0 Å². The Morgan fingerprint density at radius 1 is 1.29 bits per heavy atom. The van der Waals surface area contributed by atoms with Crippen molar-refractivity contribution in [2.24, 2.45) is 0 Å². The molecule has 126 valence electrons. The zero-order valence-corrected chi connectivity index (χ0v) is 15.2. The van der Waals surface area contributed by atoms with Crippen molar-refractivity contribution in [3.8, 4) is 5.75 Å². The second-order valence-corrected chi connectivity index (χ2v) is 7.37. The smallest absolute Gasteiger partial charge is 0.171 e. The topological polar surface area (TPSA) is 59.3 Å². The van der Waals surface area contributed by atoms with E-state index in [2.05, 4.69) is 24.5 Å². The maximum absolute atomic E-state index is 6.04. The quantitative estimate of drug-likeness (QED) is 0.542. The molecule has 0 aliphatic carbocycles. The molecule has 24 heavy (non-hydrogen) atoms. The molecule has 0 bridgehead atoms. The highest BCUT2D eigenvalue weighted by molar-refractivity contribution is 7.80. The molecule has 4 N–H and O–H groups in total. The van der Waals surface area contributed by atoms with Crippen molar-refractivity contribution < 1.29 is 4.74 Å². The predicted molar refractivity (Wildman–Crippen MR) is 104 cm³/mol. The van der Waals surface area contributed by atoms with Gasteiger partial charge in [0.25, 0.3) is 0 Å². The number of hydrogen-bond donors (Lipinski definition) is 3. The lowest BCUT2D eigenvalue weighted by Crippen LogP contribution is -2.42. The fourth-order valence-corrected chi connectivity index (χ4v) is 3.34. The minimum Gasteiger partial charge on any atom is -0.487 e. The molecular weight excluding hydrogens is 342 g/mol. The Morgan fingerprint density at radius 2 is 2.08 bits per heavy atom. The van der Waals surface area contributed by atoms with E-state index in [1.807, 2.05) is 42.5 Å². The Morgan fingerprint density at radius 3 is 2.83 bits per heavy atom. The SMILES string of the molecule is CC1(C)CC(NC(=S)Nc2cccc(Cl)c2)c2cc(N)ccc2O1. The van der Waals surface area contributed by atoms with Gasteiger partial charge in [-0.2, -0.15) is 0 Å². The number of benzene rings is 2. The van der Waals surface area contributed by atoms with Crippen molar-refractivity contribution in [2.45, 2.75) is 31.9 Å². The van der Waals surface area contributed by atoms with Crippen molar-refractivity contribution in [3.63, 3.8) is 0 Å². The zero-order valence-electron chi connectivity index (χ0n) is 13.6. The number of hydrogen-bond acceptors (Lipinski definition) is 3. The number of fused-ring (bicyclic) bond motifs is 1. The van der Waals surface area contributed by atoms with Crippen LogP contribution in [0.2, 0.25) is 5.02 Å². The number of nitrogens with one attached hydrogen (secondary N) is 2. The maximum Gasteiger partial charge on any atom is 0.171 e. The normalized spacial score (nSPS) is 18.2. The van der Waals surface area contributed by atoms with Crippen molar-refractivity contribution in [3.05, 3.63) is 53.1 Å². The van der Waals surface area contributed by atoms with Crippen LogP contribution in [0.5, 0.6) is 5.75 Å². The Bertz CT molecular complexity index is 779. The lowest BCUT2D eigenvalue weighted by atomic mass is 9.89. The highest BCUT2D eigenvalue weighted by Gasteiger charge is 2.34. The van der Waals surface area contributed by atoms with E-state index in [0.29, 0.717) is 15.8 Å². The molecule has 2 aromatic carbocycles. The Balaban J connectivity index is 1.79. The van der Waals surface area contributed by atoms with Gasteiger partial charge in [-0.1, -0.05) is 17.7 Å². The first-order chi connectivity index (χ1) is 11.3. The van der Waals surface area contributed by atoms with Gasteiger partial charge in [0.2, 0.25) is 0 Å². The molecule has 0 aromatic heterocycles. The third-order valence-corrected chi connectivity index (χ3v) is 4.33. The van der Waals surface area contributed by atoms with Crippen molar-refractivity contribution in [1.29, 1.82) is 0 Å². The minimum atomic E-state index is -0.285. The van der Waals surface area contributed by atoms with Gasteiger partial charge in [-0.15, -0.1) is 0 Å². The van der Waals surface area contributed by atoms with Crippen LogP contribution in [-0.4, -0.2) is 10.7 Å². The van der Waals surface area contributed by atoms with Crippen LogP contribution in [0.3, 0.4) is 0 Å². The molecule has 1 heterocycles. The van der Waals surface area contributed by atoms with Gasteiger partial charge in [0.15, 0.2) is 5.11 Å². The molecule has 1 unspecified atom stereocenters. The molecule has 0 radical (unpaired) electrons. The summed E-state index contributed by atoms with van der Waals surface area (Å²) in [6.07, 6.45) is 0.779. The molecule has 0 saturated carbocycles. The van der Waals surface area contributed by atoms with Crippen molar-refractivity contribution in [2.75, 3.05) is 11.1 Å². The lowest BCUT2D eigenvalue weighted by Gasteiger charge is -2.38. The third-order valence-electron chi connectivity index (χ3n) is 3.88. The van der Waals surface area contributed by atoms with Gasteiger partial charge in [-0.25, -0.2) is 0 Å². The largest absolute Gasteiger partial charge is 0.487 e. The third kappa shape index (κ3) is 3.91. The minimum absolute atomic E-state index is 0.0198. The molecule has 0 saturated heterocycles. The van der Waals surface area contributed by atoms with Crippen LogP contribution < -0.4 is 21.1 Å². The van der Waals surface area contributed by atoms with E-state index in [1.165, 1.54) is 0 Å². The van der Waals surface area contributed by atoms with Crippen LogP contribution in [0.1, 0.15) is 31.9 Å². The first-order valence-corrected chi connectivity index (χ1v) is 8.52. The molecule has 1 atom stereocenters. The fraction of sp³-hybridized carbons (Fsp3) is 0.278. The number of thiocarbonyl (C=S) groups is 1. The number of ether oxygens (including phenoxy) is 1. The monoisotopic (exact) mass is 361 g/mol. The molecule has 6 heteroatoms. The summed E-state index contributed by atoms with van der Waals surface area (Å²) in [7, 11) is 0. The highest BCUT2D eigenvalue weighted by atomic mass is 35.5. The summed E-state index contributed by atoms with van der Waals surface area (Å²) in [5.74, 6) is 0.837. The highest BCUT2D eigenvalue weighted by Crippen LogP contribution is 2.40. The number of nitrogens with two attached hydrogens (primary N) is 1. The molecule has 0 amide bonds. The zero-order chi connectivity index (χ0) is 17.3. The summed E-state index contributed by atoms with van der Waals surface area (Å²) < 4.78 is 6.04. The van der Waals surface area contributed by atoms with Crippen LogP contribution in [0.4, 0.5) is 11.4 Å². The van der Waals surface area contributed by atoms with Crippen LogP contribution in [0, 0.1) is 0 Å². The number of anilines is 2. The summed E-state index contributed by atoms with van der Waals surface area (Å²) in [6.45, 7) is 4.13. The number of rotatable bonds is 2. The molecular formula is C18H20ClN3OS. The van der Waals surface area contributed by atoms with Crippen LogP contribution in [0.25, 0.3) is 0 Å². The summed E-state index contributed by atoms with van der Waals surface area (Å²) in [5.41, 5.74) is 8.22. The van der Waals surface area contributed by atoms with Crippen molar-refractivity contribution >= 4 is 40.3 Å². The van der Waals surface area contributed by atoms with Gasteiger partial charge >= 0.3 is 0 Å². The Hall–Kier alpha value is -1.98. The second kappa shape index (κ2) is 6.49. The maximum atomic E-state index is 6.04. The van der Waals surface area contributed by atoms with E-state index in [9.17, 15) is 0 Å². The van der Waals surface area contributed by atoms with Crippen molar-refractivity contribution in [1.82, 2.24) is 5.32 Å². The van der Waals surface area contributed by atoms with Gasteiger partial charge < -0.3 is 21.1 Å². The summed E-state index contributed by atoms with van der Waals surface area (Å²) in [4.78, 5) is 0. The molecule has 3 rings (SSSR count). The second-order valence-electron chi connectivity index (χ2n) is 6.52. The van der Waals surface area contributed by atoms with Gasteiger partial charge in [0, 0.05) is 28.4 Å². The standard InChI is InChI=1S/C18H20ClN3OS/c1-18(2)10-15(14-9-12(20)6-7-16(14)23-18)22-17(24)21-13-5-3-4-11(19)8-13/h3-9,15H,10,20H2,1-2H3,(H2,21,22,24). The van der Waals surface area contributed by atoms with Gasteiger partial charge in [-0.05, 0) is 62.5 Å². The first kappa shape index (κ1) is 16.9. The van der Waals surface area contributed by atoms with Gasteiger partial charge in [0.1, 0.15) is 11.4 Å². The molecule has 2 aromatic rings. The Kier molecular flexibility index (Phi) is 4.56. The predicted octanol–water partition coefficient (Wildman–Crippen LogP) is 4.51. The van der Waals surface area contributed by atoms with Crippen LogP contribution in [-0.2, 0) is 0 Å². The van der Waals surface area contributed by atoms with E-state index in [-0.39, 0.29) is 11.6 Å². The Labute approximate surface area is 152 Å². The number of nitrogen functional groups attached to an aromatic ring is 1. The molecule has 1 aliphatic rings. The van der Waals surface area contributed by atoms with Gasteiger partial charge in [-0.3, -0.25) is 0 Å². The summed E-state index contributed by atoms with van der Waals surface area (Å²) >= 11 is 11.5. The lowest BCUT2D eigenvalue weighted by molar-refractivity contribution is 0.0697. The van der Waals surface area contributed by atoms with E-state index >= 15 is 0 Å². The molecule has 0 spiro atoms. The average Bonchev–Trinajstić information content (AvgIpc) is 2.47. The van der Waals surface area contributed by atoms with Crippen LogP contribution >= 0.6 is 23.8 Å². The molecule has 4 nitrogen and oxygen atoms in total. The number of halogens is 1. The van der Waals surface area contributed by atoms with Gasteiger partial charge in [0.05, 0.1) is 6.04 Å². The van der Waals surface area contributed by atoms with E-state index in [0.717, 1.165) is 23.4 Å². The average molecular weight is 362 g/mol. The summed E-state index contributed by atoms with van der Waals surface area (Å²) in [5, 5.41) is 7.73. The fourth-order valence-electron chi connectivity index (χ4n) is 2.89.